The van der Waals surface area contributed by atoms with Crippen molar-refractivity contribution in [3.05, 3.63) is 46.3 Å². The predicted octanol–water partition coefficient (Wildman–Crippen LogP) is 2.91. The number of aromatic carboxylic acids is 1. The Kier molecular flexibility index (Phi) is 3.55. The summed E-state index contributed by atoms with van der Waals surface area (Å²) in [5.41, 5.74) is 3.64. The monoisotopic (exact) mass is 260 g/mol. The summed E-state index contributed by atoms with van der Waals surface area (Å²) in [7, 11) is 0. The van der Waals surface area contributed by atoms with E-state index in [1.54, 1.807) is 12.1 Å². The largest absolute Gasteiger partial charge is 0.478 e. The smallest absolute Gasteiger partial charge is 0.337 e. The molecule has 0 aliphatic heterocycles. The molecular weight excluding hydrogens is 244 g/mol. The van der Waals surface area contributed by atoms with Crippen molar-refractivity contribution in [2.45, 2.75) is 27.3 Å². The number of nitrogens with one attached hydrogen (secondary N) is 1. The summed E-state index contributed by atoms with van der Waals surface area (Å²) in [5.74, 6) is -0.198. The lowest BCUT2D eigenvalue weighted by molar-refractivity contribution is 0.0698. The first-order chi connectivity index (χ1) is 8.99. The van der Waals surface area contributed by atoms with Crippen LogP contribution >= 0.6 is 0 Å². The van der Waals surface area contributed by atoms with E-state index >= 15 is 0 Å². The molecule has 0 bridgehead atoms. The SMILES string of the molecule is Cc1ccc(C(=O)O)c(NCc2c(C)noc2C)c1. The van der Waals surface area contributed by atoms with Crippen LogP contribution in [0.25, 0.3) is 0 Å². The number of anilines is 1. The predicted molar refractivity (Wildman–Crippen MR) is 71.4 cm³/mol. The van der Waals surface area contributed by atoms with Crippen LogP contribution < -0.4 is 5.32 Å². The molecule has 2 aromatic rings. The number of aromatic nitrogens is 1. The molecular formula is C14H16N2O3. The molecule has 2 rings (SSSR count). The topological polar surface area (TPSA) is 75.4 Å². The molecule has 1 aromatic heterocycles. The highest BCUT2D eigenvalue weighted by atomic mass is 16.5. The molecule has 0 spiro atoms. The fourth-order valence-corrected chi connectivity index (χ4v) is 1.93. The Bertz CT molecular complexity index is 598. The van der Waals surface area contributed by atoms with Gasteiger partial charge in [-0.05, 0) is 38.5 Å². The minimum Gasteiger partial charge on any atom is -0.478 e. The van der Waals surface area contributed by atoms with Crippen LogP contribution in [0.15, 0.2) is 22.7 Å². The van der Waals surface area contributed by atoms with Gasteiger partial charge in [0.15, 0.2) is 0 Å². The third-order valence-corrected chi connectivity index (χ3v) is 3.04. The summed E-state index contributed by atoms with van der Waals surface area (Å²) >= 11 is 0. The molecule has 0 saturated heterocycles. The summed E-state index contributed by atoms with van der Waals surface area (Å²) in [6.07, 6.45) is 0. The molecule has 5 heteroatoms. The van der Waals surface area contributed by atoms with Crippen molar-refractivity contribution in [3.63, 3.8) is 0 Å². The number of carbonyl (C=O) groups is 1. The molecule has 2 N–H and O–H groups in total. The Morgan fingerprint density at radius 3 is 2.68 bits per heavy atom. The minimum absolute atomic E-state index is 0.261. The van der Waals surface area contributed by atoms with Gasteiger partial charge in [0.2, 0.25) is 0 Å². The van der Waals surface area contributed by atoms with Crippen molar-refractivity contribution in [3.8, 4) is 0 Å². The molecule has 0 aliphatic carbocycles. The second-order valence-electron chi connectivity index (χ2n) is 4.51. The van der Waals surface area contributed by atoms with Gasteiger partial charge in [0, 0.05) is 17.8 Å². The number of hydrogen-bond donors (Lipinski definition) is 2. The molecule has 0 aliphatic rings. The molecule has 19 heavy (non-hydrogen) atoms. The van der Waals surface area contributed by atoms with E-state index in [2.05, 4.69) is 10.5 Å². The van der Waals surface area contributed by atoms with Crippen LogP contribution in [0.5, 0.6) is 0 Å². The second kappa shape index (κ2) is 5.14. The van der Waals surface area contributed by atoms with Crippen LogP contribution in [0.4, 0.5) is 5.69 Å². The summed E-state index contributed by atoms with van der Waals surface area (Å²) in [4.78, 5) is 11.2. The van der Waals surface area contributed by atoms with E-state index in [1.165, 1.54) is 0 Å². The van der Waals surface area contributed by atoms with Crippen LogP contribution in [-0.4, -0.2) is 16.2 Å². The van der Waals surface area contributed by atoms with E-state index in [1.807, 2.05) is 26.8 Å². The van der Waals surface area contributed by atoms with Gasteiger partial charge in [-0.3, -0.25) is 0 Å². The number of aryl methyl sites for hydroxylation is 3. The first kappa shape index (κ1) is 13.1. The van der Waals surface area contributed by atoms with Gasteiger partial charge >= 0.3 is 5.97 Å². The van der Waals surface area contributed by atoms with Gasteiger partial charge in [0.05, 0.1) is 11.3 Å². The van der Waals surface area contributed by atoms with Crippen molar-refractivity contribution in [2.75, 3.05) is 5.32 Å². The van der Waals surface area contributed by atoms with Gasteiger partial charge < -0.3 is 14.9 Å². The van der Waals surface area contributed by atoms with Gasteiger partial charge in [0.1, 0.15) is 5.76 Å². The maximum Gasteiger partial charge on any atom is 0.337 e. The Balaban J connectivity index is 2.24. The van der Waals surface area contributed by atoms with Crippen molar-refractivity contribution < 1.29 is 14.4 Å². The van der Waals surface area contributed by atoms with Gasteiger partial charge in [0.25, 0.3) is 0 Å². The van der Waals surface area contributed by atoms with Gasteiger partial charge in [-0.25, -0.2) is 4.79 Å². The Morgan fingerprint density at radius 1 is 1.37 bits per heavy atom. The highest BCUT2D eigenvalue weighted by Crippen LogP contribution is 2.20. The third-order valence-electron chi connectivity index (χ3n) is 3.04. The zero-order valence-corrected chi connectivity index (χ0v) is 11.2. The number of hydrogen-bond acceptors (Lipinski definition) is 4. The number of rotatable bonds is 4. The van der Waals surface area contributed by atoms with Crippen LogP contribution in [0.1, 0.15) is 32.9 Å². The van der Waals surface area contributed by atoms with Crippen molar-refractivity contribution in [2.24, 2.45) is 0 Å². The Morgan fingerprint density at radius 2 is 2.11 bits per heavy atom. The molecule has 1 aromatic carbocycles. The highest BCUT2D eigenvalue weighted by Gasteiger charge is 2.12. The average Bonchev–Trinajstić information content (AvgIpc) is 2.66. The van der Waals surface area contributed by atoms with Crippen LogP contribution in [-0.2, 0) is 6.54 Å². The van der Waals surface area contributed by atoms with Crippen LogP contribution in [0.3, 0.4) is 0 Å². The van der Waals surface area contributed by atoms with E-state index in [0.717, 1.165) is 22.6 Å². The molecule has 5 nitrogen and oxygen atoms in total. The fraction of sp³-hybridized carbons (Fsp3) is 0.286. The summed E-state index contributed by atoms with van der Waals surface area (Å²) in [6.45, 7) is 6.12. The minimum atomic E-state index is -0.943. The quantitative estimate of drug-likeness (QED) is 0.884. The normalized spacial score (nSPS) is 10.5. The summed E-state index contributed by atoms with van der Waals surface area (Å²) in [5, 5.41) is 16.2. The number of benzene rings is 1. The van der Waals surface area contributed by atoms with Gasteiger partial charge in [-0.2, -0.15) is 0 Å². The van der Waals surface area contributed by atoms with E-state index in [9.17, 15) is 4.79 Å². The van der Waals surface area contributed by atoms with Crippen molar-refractivity contribution in [1.29, 1.82) is 0 Å². The van der Waals surface area contributed by atoms with Crippen LogP contribution in [0, 0.1) is 20.8 Å². The zero-order chi connectivity index (χ0) is 14.0. The maximum atomic E-state index is 11.2. The Labute approximate surface area is 111 Å². The molecule has 100 valence electrons. The first-order valence-corrected chi connectivity index (χ1v) is 5.98. The first-order valence-electron chi connectivity index (χ1n) is 5.98. The number of carboxylic acid groups (broad SMARTS) is 1. The third kappa shape index (κ3) is 2.76. The fourth-order valence-electron chi connectivity index (χ4n) is 1.93. The molecule has 0 atom stereocenters. The van der Waals surface area contributed by atoms with Crippen molar-refractivity contribution >= 4 is 11.7 Å². The molecule has 0 fully saturated rings. The van der Waals surface area contributed by atoms with E-state index in [-0.39, 0.29) is 5.56 Å². The molecule has 1 heterocycles. The van der Waals surface area contributed by atoms with Crippen molar-refractivity contribution in [1.82, 2.24) is 5.16 Å². The zero-order valence-electron chi connectivity index (χ0n) is 11.2. The van der Waals surface area contributed by atoms with E-state index < -0.39 is 5.97 Å². The maximum absolute atomic E-state index is 11.2. The number of carboxylic acids is 1. The lowest BCUT2D eigenvalue weighted by Gasteiger charge is -2.10. The second-order valence-corrected chi connectivity index (χ2v) is 4.51. The molecule has 0 saturated carbocycles. The molecule has 0 radical (unpaired) electrons. The standard InChI is InChI=1S/C14H16N2O3/c1-8-4-5-11(14(17)18)13(6-8)15-7-12-9(2)16-19-10(12)3/h4-6,15H,7H2,1-3H3,(H,17,18). The summed E-state index contributed by atoms with van der Waals surface area (Å²) < 4.78 is 5.08. The van der Waals surface area contributed by atoms with Gasteiger partial charge in [-0.15, -0.1) is 0 Å². The van der Waals surface area contributed by atoms with Gasteiger partial charge in [-0.1, -0.05) is 11.2 Å². The lowest BCUT2D eigenvalue weighted by atomic mass is 10.1. The molecule has 0 unspecified atom stereocenters. The highest BCUT2D eigenvalue weighted by molar-refractivity contribution is 5.94. The van der Waals surface area contributed by atoms with E-state index in [4.69, 9.17) is 9.63 Å². The van der Waals surface area contributed by atoms with Crippen LogP contribution in [0.2, 0.25) is 0 Å². The molecule has 0 amide bonds. The van der Waals surface area contributed by atoms with E-state index in [0.29, 0.717) is 12.2 Å². The number of nitrogens with zero attached hydrogens (tertiary/aromatic N) is 1. The lowest BCUT2D eigenvalue weighted by Crippen LogP contribution is -2.07. The average molecular weight is 260 g/mol. The summed E-state index contributed by atoms with van der Waals surface area (Å²) in [6, 6.07) is 5.21. The Hall–Kier alpha value is -2.30.